The van der Waals surface area contributed by atoms with E-state index in [1.165, 1.54) is 12.7 Å². The average Bonchev–Trinajstić information content (AvgIpc) is 3.77. The van der Waals surface area contributed by atoms with Crippen molar-refractivity contribution in [3.8, 4) is 0 Å². The molecule has 2 saturated heterocycles. The van der Waals surface area contributed by atoms with E-state index < -0.39 is 30.6 Å². The Labute approximate surface area is 230 Å². The molecule has 3 fully saturated rings. The Morgan fingerprint density at radius 3 is 2.80 bits per heavy atom. The first-order chi connectivity index (χ1) is 19.6. The fourth-order valence-corrected chi connectivity index (χ4v) is 5.50. The van der Waals surface area contributed by atoms with Gasteiger partial charge in [0.1, 0.15) is 31.2 Å². The maximum atomic E-state index is 12.6. The van der Waals surface area contributed by atoms with E-state index in [1.807, 2.05) is 30.3 Å². The van der Waals surface area contributed by atoms with Gasteiger partial charge in [0.25, 0.3) is 0 Å². The number of anilines is 1. The molecule has 6 rings (SSSR count). The SMILES string of the molecule is O=C(N[C@H]1CCC[C@H]1OCc1ccccc1)OC[C@H]1OC(n2cnc3c(NC4CCOC4)ncnc32)C(O)[C@@H]1O. The highest BCUT2D eigenvalue weighted by Gasteiger charge is 2.45. The number of fused-ring (bicyclic) bond motifs is 1. The highest BCUT2D eigenvalue weighted by atomic mass is 16.6. The molecule has 0 bridgehead atoms. The van der Waals surface area contributed by atoms with E-state index in [2.05, 4.69) is 25.6 Å². The molecule has 4 heterocycles. The molecule has 3 aliphatic rings. The second-order valence-corrected chi connectivity index (χ2v) is 10.4. The first-order valence-electron chi connectivity index (χ1n) is 13.7. The summed E-state index contributed by atoms with van der Waals surface area (Å²) in [4.78, 5) is 25.6. The summed E-state index contributed by atoms with van der Waals surface area (Å²) in [5.74, 6) is 0.557. The summed E-state index contributed by atoms with van der Waals surface area (Å²) in [5.41, 5.74) is 2.03. The molecule has 0 radical (unpaired) electrons. The van der Waals surface area contributed by atoms with Crippen LogP contribution in [0.1, 0.15) is 37.5 Å². The van der Waals surface area contributed by atoms with Gasteiger partial charge in [-0.05, 0) is 31.2 Å². The van der Waals surface area contributed by atoms with Gasteiger partial charge < -0.3 is 39.8 Å². The number of ether oxygens (including phenoxy) is 4. The van der Waals surface area contributed by atoms with Crippen LogP contribution in [-0.4, -0.2) is 92.1 Å². The van der Waals surface area contributed by atoms with Gasteiger partial charge in [0.2, 0.25) is 0 Å². The Morgan fingerprint density at radius 1 is 1.10 bits per heavy atom. The first kappa shape index (κ1) is 26.8. The predicted octanol–water partition coefficient (Wildman–Crippen LogP) is 1.51. The van der Waals surface area contributed by atoms with Crippen LogP contribution in [0.25, 0.3) is 11.2 Å². The molecule has 0 spiro atoms. The number of aliphatic hydroxyl groups excluding tert-OH is 2. The molecular weight excluding hydrogens is 520 g/mol. The van der Waals surface area contributed by atoms with Crippen molar-refractivity contribution >= 4 is 23.1 Å². The van der Waals surface area contributed by atoms with Crippen LogP contribution in [0, 0.1) is 0 Å². The fourth-order valence-electron chi connectivity index (χ4n) is 5.50. The lowest BCUT2D eigenvalue weighted by atomic mass is 10.1. The van der Waals surface area contributed by atoms with E-state index in [4.69, 9.17) is 18.9 Å². The topological polar surface area (TPSA) is 162 Å². The van der Waals surface area contributed by atoms with E-state index in [1.54, 1.807) is 4.57 Å². The summed E-state index contributed by atoms with van der Waals surface area (Å²) in [6.07, 6.45) is 1.13. The smallest absolute Gasteiger partial charge is 0.407 e. The summed E-state index contributed by atoms with van der Waals surface area (Å²) in [7, 11) is 0. The standard InChI is InChI=1S/C27H34N6O7/c34-22-20(13-39-27(36)32-18-7-4-8-19(18)38-11-16-5-2-1-3-6-16)40-26(23(22)35)33-15-30-21-24(28-14-29-25(21)33)31-17-9-10-37-12-17/h1-3,5-6,14-15,17-20,22-23,26,34-35H,4,7-13H2,(H,32,36)(H,28,29,31)/t17?,18-,19+,20+,22+,23?,26?/m0/s1. The molecule has 40 heavy (non-hydrogen) atoms. The number of carbonyl (C=O) groups is 1. The molecule has 214 valence electrons. The summed E-state index contributed by atoms with van der Waals surface area (Å²) in [6, 6.07) is 9.85. The number of imidazole rings is 1. The number of nitrogens with one attached hydrogen (secondary N) is 2. The monoisotopic (exact) mass is 554 g/mol. The van der Waals surface area contributed by atoms with E-state index in [0.29, 0.717) is 36.8 Å². The van der Waals surface area contributed by atoms with Gasteiger partial charge >= 0.3 is 6.09 Å². The lowest BCUT2D eigenvalue weighted by molar-refractivity contribution is -0.0540. The number of nitrogens with zero attached hydrogens (tertiary/aromatic N) is 4. The zero-order chi connectivity index (χ0) is 27.5. The van der Waals surface area contributed by atoms with Gasteiger partial charge in [-0.15, -0.1) is 0 Å². The minimum atomic E-state index is -1.28. The maximum absolute atomic E-state index is 12.6. The number of alkyl carbamates (subject to hydrolysis) is 1. The third kappa shape index (κ3) is 5.74. The molecule has 2 aromatic heterocycles. The zero-order valence-corrected chi connectivity index (χ0v) is 22.0. The van der Waals surface area contributed by atoms with Crippen molar-refractivity contribution in [1.82, 2.24) is 24.8 Å². The van der Waals surface area contributed by atoms with Gasteiger partial charge in [-0.1, -0.05) is 30.3 Å². The summed E-state index contributed by atoms with van der Waals surface area (Å²) in [5, 5.41) is 27.6. The molecule has 13 heteroatoms. The Balaban J connectivity index is 1.03. The first-order valence-corrected chi connectivity index (χ1v) is 13.7. The van der Waals surface area contributed by atoms with Gasteiger partial charge in [0, 0.05) is 6.61 Å². The largest absolute Gasteiger partial charge is 0.447 e. The lowest BCUT2D eigenvalue weighted by Gasteiger charge is -2.22. The number of aromatic nitrogens is 4. The van der Waals surface area contributed by atoms with Crippen LogP contribution in [0.4, 0.5) is 10.6 Å². The molecule has 3 unspecified atom stereocenters. The summed E-state index contributed by atoms with van der Waals surface area (Å²) < 4.78 is 24.3. The van der Waals surface area contributed by atoms with Gasteiger partial charge in [0.05, 0.1) is 37.7 Å². The van der Waals surface area contributed by atoms with Crippen molar-refractivity contribution in [3.63, 3.8) is 0 Å². The van der Waals surface area contributed by atoms with E-state index in [-0.39, 0.29) is 24.8 Å². The molecule has 4 N–H and O–H groups in total. The quantitative estimate of drug-likeness (QED) is 0.303. The van der Waals surface area contributed by atoms with Crippen molar-refractivity contribution in [3.05, 3.63) is 48.5 Å². The lowest BCUT2D eigenvalue weighted by Crippen LogP contribution is -2.43. The molecule has 1 aliphatic carbocycles. The van der Waals surface area contributed by atoms with Crippen LogP contribution in [0.3, 0.4) is 0 Å². The van der Waals surface area contributed by atoms with Crippen LogP contribution in [0.15, 0.2) is 43.0 Å². The highest BCUT2D eigenvalue weighted by molar-refractivity contribution is 5.82. The van der Waals surface area contributed by atoms with Crippen LogP contribution >= 0.6 is 0 Å². The maximum Gasteiger partial charge on any atom is 0.407 e. The van der Waals surface area contributed by atoms with Crippen molar-refractivity contribution < 1.29 is 34.0 Å². The van der Waals surface area contributed by atoms with Gasteiger partial charge in [-0.3, -0.25) is 4.57 Å². The Kier molecular flexibility index (Phi) is 8.07. The van der Waals surface area contributed by atoms with Gasteiger partial charge in [-0.25, -0.2) is 19.7 Å². The van der Waals surface area contributed by atoms with Crippen LogP contribution in [0.5, 0.6) is 0 Å². The summed E-state index contributed by atoms with van der Waals surface area (Å²) >= 11 is 0. The second kappa shape index (κ2) is 12.0. The van der Waals surface area contributed by atoms with E-state index >= 15 is 0 Å². The molecule has 1 saturated carbocycles. The number of amides is 1. The fraction of sp³-hybridized carbons (Fsp3) is 0.556. The molecule has 7 atom stereocenters. The van der Waals surface area contributed by atoms with Gasteiger partial charge in [0.15, 0.2) is 23.2 Å². The predicted molar refractivity (Wildman–Crippen MR) is 141 cm³/mol. The van der Waals surface area contributed by atoms with Crippen LogP contribution in [-0.2, 0) is 25.6 Å². The number of benzene rings is 1. The van der Waals surface area contributed by atoms with E-state index in [9.17, 15) is 15.0 Å². The van der Waals surface area contributed by atoms with Crippen LogP contribution < -0.4 is 10.6 Å². The number of rotatable bonds is 9. The van der Waals surface area contributed by atoms with E-state index in [0.717, 1.165) is 31.2 Å². The highest BCUT2D eigenvalue weighted by Crippen LogP contribution is 2.33. The molecule has 1 aromatic carbocycles. The number of aliphatic hydroxyl groups is 2. The molecule has 1 amide bonds. The zero-order valence-electron chi connectivity index (χ0n) is 22.0. The number of hydrogen-bond acceptors (Lipinski definition) is 11. The minimum Gasteiger partial charge on any atom is -0.447 e. The Morgan fingerprint density at radius 2 is 1.98 bits per heavy atom. The number of carbonyl (C=O) groups excluding carboxylic acids is 1. The third-order valence-electron chi connectivity index (χ3n) is 7.68. The average molecular weight is 555 g/mol. The third-order valence-corrected chi connectivity index (χ3v) is 7.68. The summed E-state index contributed by atoms with van der Waals surface area (Å²) in [6.45, 7) is 1.50. The van der Waals surface area contributed by atoms with Gasteiger partial charge in [-0.2, -0.15) is 0 Å². The Bertz CT molecular complexity index is 1290. The normalized spacial score (nSPS) is 30.1. The van der Waals surface area contributed by atoms with Crippen molar-refractivity contribution in [2.75, 3.05) is 25.1 Å². The molecule has 2 aliphatic heterocycles. The number of hydrogen-bond donors (Lipinski definition) is 4. The Hall–Kier alpha value is -3.36. The minimum absolute atomic E-state index is 0.107. The molecular formula is C27H34N6O7. The molecule has 13 nitrogen and oxygen atoms in total. The molecule has 3 aromatic rings. The van der Waals surface area contributed by atoms with Crippen LogP contribution in [0.2, 0.25) is 0 Å². The van der Waals surface area contributed by atoms with Crippen molar-refractivity contribution in [2.24, 2.45) is 0 Å². The second-order valence-electron chi connectivity index (χ2n) is 10.4. The van der Waals surface area contributed by atoms with Crippen molar-refractivity contribution in [1.29, 1.82) is 0 Å². The van der Waals surface area contributed by atoms with Crippen molar-refractivity contribution in [2.45, 2.75) is 75.0 Å².